The van der Waals surface area contributed by atoms with Crippen molar-refractivity contribution in [3.8, 4) is 0 Å². The maximum absolute atomic E-state index is 14.1. The molecule has 2 bridgehead atoms. The molecule has 518 valence electrons. The molecule has 90 heavy (non-hydrogen) atoms. The van der Waals surface area contributed by atoms with Gasteiger partial charge >= 0.3 is 5.97 Å². The van der Waals surface area contributed by atoms with Crippen LogP contribution in [0.3, 0.4) is 0 Å². The maximum atomic E-state index is 14.1. The van der Waals surface area contributed by atoms with Gasteiger partial charge in [0.15, 0.2) is 12.1 Å². The molecule has 0 aromatic heterocycles. The molecular formula is C64H108N2O24. The zero-order chi connectivity index (χ0) is 66.1. The number of allylic oxidation sites excluding steroid dienone is 12. The van der Waals surface area contributed by atoms with E-state index < -0.39 is 147 Å². The van der Waals surface area contributed by atoms with Crippen LogP contribution in [0.5, 0.6) is 0 Å². The summed E-state index contributed by atoms with van der Waals surface area (Å²) in [5.74, 6) is -5.85. The van der Waals surface area contributed by atoms with Gasteiger partial charge in [-0.2, -0.15) is 0 Å². The second kappa shape index (κ2) is 47.2. The smallest absolute Gasteiger partial charge is 0.308 e. The van der Waals surface area contributed by atoms with Crippen molar-refractivity contribution < 1.29 is 117 Å². The van der Waals surface area contributed by atoms with Crippen LogP contribution in [0.4, 0.5) is 0 Å². The molecular weight excluding hydrogens is 1180 g/mol. The standard InChI is InChI=1S/C64H108N2O24/c1-44-18-16-14-12-10-8-6-7-9-11-13-15-17-19-51(89-63-61(76)58(65)60(75)47(4)88-63)41-55-57(62(77)66-22-23-80-26-27-82-30-31-84-34-35-86-37-36-85-33-32-83-29-28-81-25-24-79-5)54(72)43-64(78,90-55)42-50(69)39-53(71)52(70)21-20-48(67)38-49(68)40-56(73)87-46(3)45(2)59(44)74/h6-19,44-55,57-61,63,67-72,74-76,78H,20-43,65H2,1-5H3,(H,66,77)/b7-6+,10-8+,11-9+,14-12+,15-13+,18-16+,19-17+/t44-,45-,46-,47+,48+,49+,50-,51-,52+,53+,54-,55-,57+,58-,59+,60+,61-,63-,64+/m0/s1. The molecule has 3 heterocycles. The Hall–Kier alpha value is -3.76. The number of carbonyl (C=O) groups is 2. The number of fused-ring (bicyclic) bond motifs is 2. The van der Waals surface area contributed by atoms with Crippen LogP contribution in [0.15, 0.2) is 85.1 Å². The van der Waals surface area contributed by atoms with E-state index in [4.69, 9.17) is 62.6 Å². The molecule has 3 aliphatic rings. The minimum atomic E-state index is -2.33. The fourth-order valence-corrected chi connectivity index (χ4v) is 9.92. The first-order chi connectivity index (χ1) is 43.2. The van der Waals surface area contributed by atoms with Crippen LogP contribution in [0.25, 0.3) is 0 Å². The number of aliphatic hydroxyl groups excluding tert-OH is 9. The lowest BCUT2D eigenvalue weighted by molar-refractivity contribution is -0.307. The van der Waals surface area contributed by atoms with Gasteiger partial charge in [-0.1, -0.05) is 98.9 Å². The first-order valence-corrected chi connectivity index (χ1v) is 31.4. The number of amides is 1. The van der Waals surface area contributed by atoms with E-state index >= 15 is 0 Å². The zero-order valence-electron chi connectivity index (χ0n) is 53.2. The van der Waals surface area contributed by atoms with Crippen LogP contribution >= 0.6 is 0 Å². The summed E-state index contributed by atoms with van der Waals surface area (Å²) in [6.07, 6.45) is 3.90. The Balaban J connectivity index is 1.70. The summed E-state index contributed by atoms with van der Waals surface area (Å²) in [6.45, 7) is 12.5. The number of rotatable bonds is 27. The van der Waals surface area contributed by atoms with E-state index in [1.807, 2.05) is 37.3 Å². The van der Waals surface area contributed by atoms with Gasteiger partial charge in [-0.3, -0.25) is 9.59 Å². The Bertz CT molecular complexity index is 2120. The van der Waals surface area contributed by atoms with Gasteiger partial charge in [0, 0.05) is 51.2 Å². The minimum absolute atomic E-state index is 0.000308. The van der Waals surface area contributed by atoms with Crippen LogP contribution < -0.4 is 11.1 Å². The Labute approximate surface area is 530 Å². The number of aliphatic hydroxyl groups is 10. The number of esters is 1. The van der Waals surface area contributed by atoms with Crippen molar-refractivity contribution in [2.75, 3.05) is 113 Å². The maximum Gasteiger partial charge on any atom is 0.308 e. The van der Waals surface area contributed by atoms with Crippen LogP contribution in [0.1, 0.15) is 79.1 Å². The molecule has 1 amide bonds. The molecule has 0 spiro atoms. The number of nitrogens with two attached hydrogens (primary N) is 1. The van der Waals surface area contributed by atoms with Crippen molar-refractivity contribution in [1.29, 1.82) is 0 Å². The molecule has 0 unspecified atom stereocenters. The van der Waals surface area contributed by atoms with Crippen LogP contribution in [0.2, 0.25) is 0 Å². The van der Waals surface area contributed by atoms with Crippen molar-refractivity contribution in [2.24, 2.45) is 23.5 Å². The summed E-state index contributed by atoms with van der Waals surface area (Å²) in [7, 11) is 1.62. The van der Waals surface area contributed by atoms with Gasteiger partial charge in [0.25, 0.3) is 0 Å². The number of ether oxygens (including phenoxy) is 12. The van der Waals surface area contributed by atoms with Gasteiger partial charge in [0.05, 0.1) is 185 Å². The molecule has 26 heteroatoms. The van der Waals surface area contributed by atoms with E-state index in [1.54, 1.807) is 82.6 Å². The molecule has 0 aliphatic carbocycles. The van der Waals surface area contributed by atoms with E-state index in [2.05, 4.69) is 5.32 Å². The number of methoxy groups -OCH3 is 1. The lowest BCUT2D eigenvalue weighted by atomic mass is 9.82. The Morgan fingerprint density at radius 1 is 0.556 bits per heavy atom. The highest BCUT2D eigenvalue weighted by Crippen LogP contribution is 2.38. The van der Waals surface area contributed by atoms with Gasteiger partial charge in [0.2, 0.25) is 5.91 Å². The first-order valence-electron chi connectivity index (χ1n) is 31.4. The largest absolute Gasteiger partial charge is 0.462 e. The van der Waals surface area contributed by atoms with Gasteiger partial charge in [0.1, 0.15) is 12.2 Å². The molecule has 19 atom stereocenters. The van der Waals surface area contributed by atoms with Crippen molar-refractivity contribution >= 4 is 11.9 Å². The highest BCUT2D eigenvalue weighted by atomic mass is 16.7. The Morgan fingerprint density at radius 2 is 1.04 bits per heavy atom. The zero-order valence-corrected chi connectivity index (χ0v) is 53.2. The number of carbonyl (C=O) groups excluding carboxylic acids is 2. The van der Waals surface area contributed by atoms with Gasteiger partial charge < -0.3 is 119 Å². The fraction of sp³-hybridized carbons (Fsp3) is 0.750. The second-order valence-electron chi connectivity index (χ2n) is 22.8. The topological polar surface area (TPSA) is 385 Å². The van der Waals surface area contributed by atoms with Gasteiger partial charge in [-0.25, -0.2) is 0 Å². The number of cyclic esters (lactones) is 1. The van der Waals surface area contributed by atoms with Crippen molar-refractivity contribution in [2.45, 2.75) is 177 Å². The van der Waals surface area contributed by atoms with E-state index in [1.165, 1.54) is 0 Å². The molecule has 13 N–H and O–H groups in total. The normalized spacial score (nSPS) is 36.2. The molecule has 0 aromatic rings. The molecule has 2 saturated heterocycles. The molecule has 0 aromatic carbocycles. The predicted molar refractivity (Wildman–Crippen MR) is 330 cm³/mol. The highest BCUT2D eigenvalue weighted by Gasteiger charge is 2.51. The molecule has 3 aliphatic heterocycles. The monoisotopic (exact) mass is 1290 g/mol. The number of hydrogen-bond acceptors (Lipinski definition) is 25. The van der Waals surface area contributed by atoms with Gasteiger partial charge in [-0.05, 0) is 33.1 Å². The van der Waals surface area contributed by atoms with E-state index in [9.17, 15) is 60.7 Å². The summed E-state index contributed by atoms with van der Waals surface area (Å²) in [5, 5.41) is 114. The van der Waals surface area contributed by atoms with Crippen LogP contribution in [0, 0.1) is 17.8 Å². The summed E-state index contributed by atoms with van der Waals surface area (Å²) in [4.78, 5) is 26.9. The van der Waals surface area contributed by atoms with E-state index in [0.29, 0.717) is 79.3 Å². The third kappa shape index (κ3) is 33.9. The number of nitrogens with one attached hydrogen (secondary N) is 1. The third-order valence-corrected chi connectivity index (χ3v) is 15.2. The first kappa shape index (κ1) is 80.5. The van der Waals surface area contributed by atoms with Gasteiger partial charge in [-0.15, -0.1) is 0 Å². The lowest BCUT2D eigenvalue weighted by Gasteiger charge is -2.46. The summed E-state index contributed by atoms with van der Waals surface area (Å²) in [5.41, 5.74) is 6.16. The van der Waals surface area contributed by atoms with Crippen LogP contribution in [-0.4, -0.2) is 273 Å². The SMILES string of the molecule is COCCOCCOCCOCCOCCOCCOCCOCCNC(=O)[C@H]1[C@@H]2C[C@@H](O[C@@H]3O[C@H](C)[C@@H](O)[C@H](N)[C@@H]3O)/C=C/C=C/C=C/C=C/C=C/C=C/C=C/[C@H](C)[C@@H](O)[C@@H](C)[C@H](C)OC(=O)C[C@H](O)C[C@H](O)CC[C@@H](O)[C@H](O)C[C@H](O)C[C@](O)(C[C@@H]1O)O2. The average molecular weight is 1290 g/mol. The second-order valence-corrected chi connectivity index (χ2v) is 22.8. The molecule has 0 radical (unpaired) electrons. The molecule has 3 rings (SSSR count). The Morgan fingerprint density at radius 3 is 1.57 bits per heavy atom. The predicted octanol–water partition coefficient (Wildman–Crippen LogP) is 0.506. The summed E-state index contributed by atoms with van der Waals surface area (Å²) < 4.78 is 67.4. The Kier molecular flexibility index (Phi) is 42.2. The molecule has 26 nitrogen and oxygen atoms in total. The third-order valence-electron chi connectivity index (χ3n) is 15.2. The van der Waals surface area contributed by atoms with E-state index in [0.717, 1.165) is 0 Å². The molecule has 0 saturated carbocycles. The fourth-order valence-electron chi connectivity index (χ4n) is 9.92. The van der Waals surface area contributed by atoms with E-state index in [-0.39, 0.29) is 58.0 Å². The minimum Gasteiger partial charge on any atom is -0.462 e. The van der Waals surface area contributed by atoms with Crippen molar-refractivity contribution in [3.63, 3.8) is 0 Å². The quantitative estimate of drug-likeness (QED) is 0.0394. The summed E-state index contributed by atoms with van der Waals surface area (Å²) >= 11 is 0. The molecule has 2 fully saturated rings. The van der Waals surface area contributed by atoms with Crippen molar-refractivity contribution in [3.05, 3.63) is 85.1 Å². The lowest BCUT2D eigenvalue weighted by Crippen LogP contribution is -2.62. The highest BCUT2D eigenvalue weighted by molar-refractivity contribution is 5.80. The van der Waals surface area contributed by atoms with Crippen molar-refractivity contribution in [1.82, 2.24) is 5.32 Å². The summed E-state index contributed by atoms with van der Waals surface area (Å²) in [6, 6.07) is -1.16. The number of hydrogen-bond donors (Lipinski definition) is 12. The van der Waals surface area contributed by atoms with Crippen LogP contribution in [-0.2, 0) is 66.4 Å². The average Bonchev–Trinajstić information content (AvgIpc) is 1.25.